The predicted molar refractivity (Wildman–Crippen MR) is 117 cm³/mol. The summed E-state index contributed by atoms with van der Waals surface area (Å²) in [6, 6.07) is 14.0. The molecule has 0 saturated heterocycles. The number of carbonyl (C=O) groups is 1. The van der Waals surface area contributed by atoms with Crippen molar-refractivity contribution in [2.75, 3.05) is 5.32 Å². The van der Waals surface area contributed by atoms with Gasteiger partial charge in [-0.25, -0.2) is 9.67 Å². The molecule has 8 nitrogen and oxygen atoms in total. The van der Waals surface area contributed by atoms with Crippen LogP contribution in [0.2, 0.25) is 5.02 Å². The summed E-state index contributed by atoms with van der Waals surface area (Å²) < 4.78 is 8.94. The molecule has 2 heterocycles. The molecule has 0 fully saturated rings. The Kier molecular flexibility index (Phi) is 5.56. The molecular weight excluding hydrogens is 474 g/mol. The van der Waals surface area contributed by atoms with Gasteiger partial charge in [0, 0.05) is 7.05 Å². The van der Waals surface area contributed by atoms with Gasteiger partial charge in [0.25, 0.3) is 5.56 Å². The first-order valence-corrected chi connectivity index (χ1v) is 10.00. The standard InChI is InChI=1S/C20H15BrClN5O3/c1-26-19-17(18(21)25-26)20(29)27(11-23-19)10-16(28)24-13-7-3-5-9-15(13)30-14-8-4-2-6-12(14)22/h2-9,11H,10H2,1H3,(H,24,28). The third kappa shape index (κ3) is 3.94. The van der Waals surface area contributed by atoms with Gasteiger partial charge in [-0.05, 0) is 40.2 Å². The molecule has 30 heavy (non-hydrogen) atoms. The molecule has 0 saturated carbocycles. The molecule has 152 valence electrons. The number of carbonyl (C=O) groups excluding carboxylic acids is 1. The van der Waals surface area contributed by atoms with Gasteiger partial charge in [0.1, 0.15) is 28.6 Å². The number of anilines is 1. The highest BCUT2D eigenvalue weighted by molar-refractivity contribution is 9.10. The Bertz CT molecular complexity index is 1320. The summed E-state index contributed by atoms with van der Waals surface area (Å²) in [7, 11) is 1.69. The predicted octanol–water partition coefficient (Wildman–Crippen LogP) is 3.98. The number of para-hydroxylation sites is 3. The summed E-state index contributed by atoms with van der Waals surface area (Å²) in [5.74, 6) is 0.483. The van der Waals surface area contributed by atoms with E-state index in [0.717, 1.165) is 0 Å². The van der Waals surface area contributed by atoms with Gasteiger partial charge in [-0.15, -0.1) is 0 Å². The maximum absolute atomic E-state index is 12.7. The highest BCUT2D eigenvalue weighted by Crippen LogP contribution is 2.33. The first-order chi connectivity index (χ1) is 14.4. The van der Waals surface area contributed by atoms with Gasteiger partial charge in [-0.1, -0.05) is 35.9 Å². The quantitative estimate of drug-likeness (QED) is 0.459. The van der Waals surface area contributed by atoms with E-state index in [4.69, 9.17) is 16.3 Å². The van der Waals surface area contributed by atoms with Crippen molar-refractivity contribution in [1.29, 1.82) is 0 Å². The number of amides is 1. The molecule has 0 aliphatic carbocycles. The molecule has 4 rings (SSSR count). The van der Waals surface area contributed by atoms with Gasteiger partial charge in [0.2, 0.25) is 5.91 Å². The number of nitrogens with one attached hydrogen (secondary N) is 1. The Morgan fingerprint density at radius 3 is 2.63 bits per heavy atom. The summed E-state index contributed by atoms with van der Waals surface area (Å²) in [4.78, 5) is 29.6. The van der Waals surface area contributed by atoms with Gasteiger partial charge in [0.15, 0.2) is 11.4 Å². The van der Waals surface area contributed by atoms with Gasteiger partial charge in [-0.3, -0.25) is 14.2 Å². The Balaban J connectivity index is 1.56. The summed E-state index contributed by atoms with van der Waals surface area (Å²) in [6.45, 7) is -0.219. The molecular formula is C20H15BrClN5O3. The number of hydrogen-bond donors (Lipinski definition) is 1. The van der Waals surface area contributed by atoms with Gasteiger partial charge >= 0.3 is 0 Å². The monoisotopic (exact) mass is 487 g/mol. The Labute approximate surface area is 184 Å². The fraction of sp³-hybridized carbons (Fsp3) is 0.100. The minimum Gasteiger partial charge on any atom is -0.454 e. The van der Waals surface area contributed by atoms with E-state index >= 15 is 0 Å². The average molecular weight is 489 g/mol. The lowest BCUT2D eigenvalue weighted by Gasteiger charge is -2.13. The van der Waals surface area contributed by atoms with E-state index in [2.05, 4.69) is 31.3 Å². The van der Waals surface area contributed by atoms with Crippen molar-refractivity contribution in [2.24, 2.45) is 7.05 Å². The molecule has 0 radical (unpaired) electrons. The van der Waals surface area contributed by atoms with Crippen molar-refractivity contribution >= 4 is 50.2 Å². The highest BCUT2D eigenvalue weighted by Gasteiger charge is 2.16. The Hall–Kier alpha value is -3.17. The summed E-state index contributed by atoms with van der Waals surface area (Å²) in [5, 5.41) is 7.66. The molecule has 2 aromatic heterocycles. The zero-order valence-electron chi connectivity index (χ0n) is 15.7. The summed E-state index contributed by atoms with van der Waals surface area (Å²) in [6.07, 6.45) is 1.32. The fourth-order valence-electron chi connectivity index (χ4n) is 2.90. The van der Waals surface area contributed by atoms with Crippen molar-refractivity contribution < 1.29 is 9.53 Å². The van der Waals surface area contributed by atoms with Crippen molar-refractivity contribution in [3.63, 3.8) is 0 Å². The van der Waals surface area contributed by atoms with E-state index < -0.39 is 5.91 Å². The maximum atomic E-state index is 12.7. The van der Waals surface area contributed by atoms with Crippen LogP contribution in [0.4, 0.5) is 5.69 Å². The number of benzene rings is 2. The Morgan fingerprint density at radius 1 is 1.17 bits per heavy atom. The average Bonchev–Trinajstić information content (AvgIpc) is 3.01. The van der Waals surface area contributed by atoms with Crippen molar-refractivity contribution in [1.82, 2.24) is 19.3 Å². The number of hydrogen-bond acceptors (Lipinski definition) is 5. The van der Waals surface area contributed by atoms with E-state index in [9.17, 15) is 9.59 Å². The normalized spacial score (nSPS) is 10.9. The maximum Gasteiger partial charge on any atom is 0.266 e. The highest BCUT2D eigenvalue weighted by atomic mass is 79.9. The molecule has 0 atom stereocenters. The van der Waals surface area contributed by atoms with E-state index in [0.29, 0.717) is 37.8 Å². The lowest BCUT2D eigenvalue weighted by molar-refractivity contribution is -0.116. The third-order valence-corrected chi connectivity index (χ3v) is 5.17. The number of rotatable bonds is 5. The molecule has 1 N–H and O–H groups in total. The van der Waals surface area contributed by atoms with Crippen LogP contribution in [0.5, 0.6) is 11.5 Å². The lowest BCUT2D eigenvalue weighted by Crippen LogP contribution is -2.28. The molecule has 4 aromatic rings. The topological polar surface area (TPSA) is 91.0 Å². The zero-order chi connectivity index (χ0) is 21.3. The van der Waals surface area contributed by atoms with E-state index in [1.807, 2.05) is 0 Å². The number of fused-ring (bicyclic) bond motifs is 1. The molecule has 10 heteroatoms. The van der Waals surface area contributed by atoms with Gasteiger partial charge < -0.3 is 10.1 Å². The molecule has 0 unspecified atom stereocenters. The van der Waals surface area contributed by atoms with Crippen LogP contribution in [0.25, 0.3) is 11.0 Å². The second-order valence-corrected chi connectivity index (χ2v) is 7.53. The third-order valence-electron chi connectivity index (χ3n) is 4.30. The first-order valence-electron chi connectivity index (χ1n) is 8.83. The Morgan fingerprint density at radius 2 is 1.87 bits per heavy atom. The van der Waals surface area contributed by atoms with Gasteiger partial charge in [0.05, 0.1) is 10.7 Å². The fourth-order valence-corrected chi connectivity index (χ4v) is 3.66. The molecule has 0 aliphatic heterocycles. The van der Waals surface area contributed by atoms with Crippen molar-refractivity contribution in [3.8, 4) is 11.5 Å². The smallest absolute Gasteiger partial charge is 0.266 e. The van der Waals surface area contributed by atoms with E-state index in [-0.39, 0.29) is 12.1 Å². The first kappa shape index (κ1) is 20.1. The van der Waals surface area contributed by atoms with Crippen LogP contribution < -0.4 is 15.6 Å². The van der Waals surface area contributed by atoms with Crippen molar-refractivity contribution in [2.45, 2.75) is 6.54 Å². The SMILES string of the molecule is Cn1nc(Br)c2c(=O)n(CC(=O)Nc3ccccc3Oc3ccccc3Cl)cnc21. The van der Waals surface area contributed by atoms with Crippen LogP contribution in [0.1, 0.15) is 0 Å². The number of aromatic nitrogens is 4. The number of halogens is 2. The number of ether oxygens (including phenoxy) is 1. The lowest BCUT2D eigenvalue weighted by atomic mass is 10.2. The molecule has 0 spiro atoms. The molecule has 0 bridgehead atoms. The largest absolute Gasteiger partial charge is 0.454 e. The van der Waals surface area contributed by atoms with Gasteiger partial charge in [-0.2, -0.15) is 5.10 Å². The van der Waals surface area contributed by atoms with Crippen LogP contribution >= 0.6 is 27.5 Å². The zero-order valence-corrected chi connectivity index (χ0v) is 18.0. The number of nitrogens with zero attached hydrogens (tertiary/aromatic N) is 4. The summed E-state index contributed by atoms with van der Waals surface area (Å²) >= 11 is 9.41. The van der Waals surface area contributed by atoms with Crippen LogP contribution in [0, 0.1) is 0 Å². The number of aryl methyl sites for hydroxylation is 1. The van der Waals surface area contributed by atoms with Crippen LogP contribution in [-0.4, -0.2) is 25.2 Å². The minimum absolute atomic E-state index is 0.219. The molecule has 1 amide bonds. The van der Waals surface area contributed by atoms with Crippen molar-refractivity contribution in [3.05, 3.63) is 74.8 Å². The molecule has 0 aliphatic rings. The van der Waals surface area contributed by atoms with Crippen LogP contribution in [0.3, 0.4) is 0 Å². The minimum atomic E-state index is -0.409. The second kappa shape index (κ2) is 8.29. The molecule has 2 aromatic carbocycles. The van der Waals surface area contributed by atoms with Crippen LogP contribution in [-0.2, 0) is 18.4 Å². The van der Waals surface area contributed by atoms with Crippen LogP contribution in [0.15, 0.2) is 64.3 Å². The van der Waals surface area contributed by atoms with E-state index in [1.54, 1.807) is 55.6 Å². The summed E-state index contributed by atoms with van der Waals surface area (Å²) in [5.41, 5.74) is 0.518. The van der Waals surface area contributed by atoms with E-state index in [1.165, 1.54) is 15.6 Å². The second-order valence-electron chi connectivity index (χ2n) is 6.37.